The van der Waals surface area contributed by atoms with Gasteiger partial charge in [-0.1, -0.05) is 5.56 Å². The van der Waals surface area contributed by atoms with Crippen LogP contribution in [-0.2, 0) is 48.7 Å². The van der Waals surface area contributed by atoms with Gasteiger partial charge in [-0.2, -0.15) is 17.7 Å². The third-order valence-corrected chi connectivity index (χ3v) is 2.87. The first-order valence-electron chi connectivity index (χ1n) is 6.33. The number of amides is 1. The SMILES string of the molecule is O=[C-]c1ccc(CCC(=O)NC2=NCCCN2)cc1.[Y+3]. The molecule has 0 aromatic heterocycles. The second-order valence-corrected chi connectivity index (χ2v) is 4.36. The molecule has 0 unspecified atom stereocenters. The average Bonchev–Trinajstić information content (AvgIpc) is 2.47. The standard InChI is InChI=1S/C14H16N3O2.Y/c18-10-12-4-2-11(3-5-12)6-7-13(19)17-14-15-8-1-9-16-14;/h2-5H,1,6-9H2,(H2,15,16,17,19);/q-1;+3. The summed E-state index contributed by atoms with van der Waals surface area (Å²) in [5, 5.41) is 5.79. The quantitative estimate of drug-likeness (QED) is 0.781. The number of guanidine groups is 1. The summed E-state index contributed by atoms with van der Waals surface area (Å²) in [5.74, 6) is 0.515. The van der Waals surface area contributed by atoms with Crippen molar-refractivity contribution in [3.8, 4) is 0 Å². The zero-order chi connectivity index (χ0) is 13.5. The van der Waals surface area contributed by atoms with Gasteiger partial charge in [0.1, 0.15) is 0 Å². The van der Waals surface area contributed by atoms with E-state index in [0.717, 1.165) is 25.1 Å². The molecule has 1 aliphatic rings. The number of nitrogens with one attached hydrogen (secondary N) is 2. The van der Waals surface area contributed by atoms with Gasteiger partial charge in [0.15, 0.2) is 5.96 Å². The second-order valence-electron chi connectivity index (χ2n) is 4.36. The first-order valence-corrected chi connectivity index (χ1v) is 6.33. The normalized spacial score (nSPS) is 13.5. The predicted octanol–water partition coefficient (Wildman–Crippen LogP) is 0.540. The second kappa shape index (κ2) is 8.98. The summed E-state index contributed by atoms with van der Waals surface area (Å²) in [6, 6.07) is 7.08. The van der Waals surface area contributed by atoms with Crippen LogP contribution in [0, 0.1) is 0 Å². The third kappa shape index (κ3) is 5.51. The molecule has 1 aromatic rings. The molecule has 6 heteroatoms. The molecule has 0 radical (unpaired) electrons. The average molecular weight is 347 g/mol. The van der Waals surface area contributed by atoms with Gasteiger partial charge in [-0.25, -0.2) is 0 Å². The number of carbonyl (C=O) groups is 1. The van der Waals surface area contributed by atoms with E-state index in [-0.39, 0.29) is 38.6 Å². The van der Waals surface area contributed by atoms with E-state index in [4.69, 9.17) is 0 Å². The first kappa shape index (κ1) is 17.0. The van der Waals surface area contributed by atoms with Gasteiger partial charge in [-0.05, 0) is 12.8 Å². The number of rotatable bonds is 4. The van der Waals surface area contributed by atoms with E-state index in [0.29, 0.717) is 24.4 Å². The number of aryl methyl sites for hydroxylation is 1. The molecular formula is C14H16N3O2Y+2. The topological polar surface area (TPSA) is 70.6 Å². The molecule has 0 saturated heterocycles. The van der Waals surface area contributed by atoms with Crippen molar-refractivity contribution < 1.29 is 42.3 Å². The summed E-state index contributed by atoms with van der Waals surface area (Å²) in [7, 11) is 0. The molecular weight excluding hydrogens is 331 g/mol. The van der Waals surface area contributed by atoms with Crippen LogP contribution in [0.4, 0.5) is 0 Å². The first-order chi connectivity index (χ1) is 9.28. The molecule has 1 heterocycles. The van der Waals surface area contributed by atoms with Gasteiger partial charge in [0.2, 0.25) is 5.91 Å². The van der Waals surface area contributed by atoms with E-state index in [9.17, 15) is 9.59 Å². The number of nitrogens with zero attached hydrogens (tertiary/aromatic N) is 1. The number of benzene rings is 1. The van der Waals surface area contributed by atoms with Gasteiger partial charge >= 0.3 is 32.7 Å². The van der Waals surface area contributed by atoms with Crippen LogP contribution in [0.5, 0.6) is 0 Å². The summed E-state index contributed by atoms with van der Waals surface area (Å²) in [5.41, 5.74) is 1.54. The fourth-order valence-electron chi connectivity index (χ4n) is 1.81. The number of hydrogen-bond donors (Lipinski definition) is 2. The maximum Gasteiger partial charge on any atom is 3.00 e. The summed E-state index contributed by atoms with van der Waals surface area (Å²) >= 11 is 0. The third-order valence-electron chi connectivity index (χ3n) is 2.87. The van der Waals surface area contributed by atoms with Gasteiger partial charge in [0, 0.05) is 19.5 Å². The van der Waals surface area contributed by atoms with Crippen molar-refractivity contribution in [2.24, 2.45) is 4.99 Å². The fraction of sp³-hybridized carbons (Fsp3) is 0.357. The van der Waals surface area contributed by atoms with Gasteiger partial charge in [0.25, 0.3) is 0 Å². The molecule has 2 rings (SSSR count). The van der Waals surface area contributed by atoms with Crippen molar-refractivity contribution in [2.45, 2.75) is 19.3 Å². The minimum atomic E-state index is -0.0563. The summed E-state index contributed by atoms with van der Waals surface area (Å²) in [6.45, 7) is 1.61. The van der Waals surface area contributed by atoms with Crippen LogP contribution < -0.4 is 10.6 Å². The van der Waals surface area contributed by atoms with E-state index in [2.05, 4.69) is 15.6 Å². The molecule has 100 valence electrons. The molecule has 0 fully saturated rings. The molecule has 0 aliphatic carbocycles. The van der Waals surface area contributed by atoms with Gasteiger partial charge in [-0.15, -0.1) is 12.1 Å². The summed E-state index contributed by atoms with van der Waals surface area (Å²) in [4.78, 5) is 26.3. The Bertz CT molecular complexity index is 486. The Morgan fingerprint density at radius 1 is 1.35 bits per heavy atom. The number of aliphatic imine (C=N–C) groups is 1. The molecule has 1 amide bonds. The number of carbonyl (C=O) groups excluding carboxylic acids is 2. The van der Waals surface area contributed by atoms with Crippen molar-refractivity contribution >= 4 is 18.2 Å². The Kier molecular flexibility index (Phi) is 7.63. The smallest absolute Gasteiger partial charge is 0.376 e. The van der Waals surface area contributed by atoms with E-state index < -0.39 is 0 Å². The van der Waals surface area contributed by atoms with Gasteiger partial charge < -0.3 is 10.1 Å². The van der Waals surface area contributed by atoms with E-state index in [1.54, 1.807) is 12.1 Å². The Morgan fingerprint density at radius 3 is 2.70 bits per heavy atom. The Balaban J connectivity index is 0.00000200. The van der Waals surface area contributed by atoms with Crippen LogP contribution in [0.15, 0.2) is 29.3 Å². The van der Waals surface area contributed by atoms with Crippen LogP contribution in [0.1, 0.15) is 24.0 Å². The minimum absolute atomic E-state index is 0. The van der Waals surface area contributed by atoms with Gasteiger partial charge in [0.05, 0.1) is 6.29 Å². The Hall–Kier alpha value is -1.07. The van der Waals surface area contributed by atoms with Crippen molar-refractivity contribution in [3.05, 3.63) is 35.4 Å². The molecule has 2 N–H and O–H groups in total. The van der Waals surface area contributed by atoms with Crippen LogP contribution >= 0.6 is 0 Å². The fourth-order valence-corrected chi connectivity index (χ4v) is 1.81. The molecule has 20 heavy (non-hydrogen) atoms. The van der Waals surface area contributed by atoms with Crippen molar-refractivity contribution in [3.63, 3.8) is 0 Å². The molecule has 0 saturated carbocycles. The van der Waals surface area contributed by atoms with Crippen LogP contribution in [-0.4, -0.2) is 31.2 Å². The predicted molar refractivity (Wildman–Crippen MR) is 72.6 cm³/mol. The maximum absolute atomic E-state index is 11.7. The molecule has 1 aliphatic heterocycles. The molecule has 0 bridgehead atoms. The van der Waals surface area contributed by atoms with Crippen LogP contribution in [0.2, 0.25) is 0 Å². The number of hydrogen-bond acceptors (Lipinski definition) is 4. The van der Waals surface area contributed by atoms with Crippen molar-refractivity contribution in [2.75, 3.05) is 13.1 Å². The van der Waals surface area contributed by atoms with Crippen LogP contribution in [0.3, 0.4) is 0 Å². The monoisotopic (exact) mass is 347 g/mol. The minimum Gasteiger partial charge on any atom is -0.376 e. The Morgan fingerprint density at radius 2 is 2.10 bits per heavy atom. The molecule has 5 nitrogen and oxygen atoms in total. The summed E-state index contributed by atoms with van der Waals surface area (Å²) < 4.78 is 0. The molecule has 0 spiro atoms. The molecule has 1 aromatic carbocycles. The Labute approximate surface area is 143 Å². The maximum atomic E-state index is 11.7. The molecule has 0 atom stereocenters. The van der Waals surface area contributed by atoms with E-state index in [1.165, 1.54) is 0 Å². The van der Waals surface area contributed by atoms with E-state index >= 15 is 0 Å². The van der Waals surface area contributed by atoms with Crippen LogP contribution in [0.25, 0.3) is 0 Å². The van der Waals surface area contributed by atoms with Crippen molar-refractivity contribution in [1.82, 2.24) is 10.6 Å². The van der Waals surface area contributed by atoms with Crippen molar-refractivity contribution in [1.29, 1.82) is 0 Å². The zero-order valence-electron chi connectivity index (χ0n) is 11.2. The zero-order valence-corrected chi connectivity index (χ0v) is 14.0. The largest absolute Gasteiger partial charge is 3.00 e. The van der Waals surface area contributed by atoms with E-state index in [1.807, 2.05) is 18.4 Å². The van der Waals surface area contributed by atoms with Gasteiger partial charge in [-0.3, -0.25) is 15.1 Å². The summed E-state index contributed by atoms with van der Waals surface area (Å²) in [6.07, 6.45) is 3.85.